The lowest BCUT2D eigenvalue weighted by molar-refractivity contribution is -0.385. The van der Waals surface area contributed by atoms with Crippen molar-refractivity contribution in [3.8, 4) is 5.75 Å². The number of benzene rings is 3. The van der Waals surface area contributed by atoms with E-state index >= 15 is 0 Å². The van der Waals surface area contributed by atoms with Gasteiger partial charge in [-0.1, -0.05) is 48.0 Å². The molecule has 0 fully saturated rings. The van der Waals surface area contributed by atoms with Crippen molar-refractivity contribution in [2.75, 3.05) is 18.0 Å². The zero-order chi connectivity index (χ0) is 31.2. The highest BCUT2D eigenvalue weighted by atomic mass is 35.5. The van der Waals surface area contributed by atoms with Crippen molar-refractivity contribution in [1.29, 1.82) is 0 Å². The molecule has 224 valence electrons. The van der Waals surface area contributed by atoms with Gasteiger partial charge in [-0.2, -0.15) is 0 Å². The Morgan fingerprint density at radius 1 is 1.05 bits per heavy atom. The van der Waals surface area contributed by atoms with Crippen molar-refractivity contribution in [3.63, 3.8) is 0 Å². The lowest BCUT2D eigenvalue weighted by atomic mass is 10.1. The average molecular weight is 617 g/mol. The average Bonchev–Trinajstić information content (AvgIpc) is 2.94. The van der Waals surface area contributed by atoms with Crippen LogP contribution in [0.1, 0.15) is 31.9 Å². The number of ether oxygens (including phenoxy) is 1. The third-order valence-electron chi connectivity index (χ3n) is 6.45. The maximum absolute atomic E-state index is 14.1. The zero-order valence-corrected chi connectivity index (χ0v) is 25.5. The molecule has 0 aromatic heterocycles. The summed E-state index contributed by atoms with van der Waals surface area (Å²) in [5.74, 6) is -1.02. The quantitative estimate of drug-likeness (QED) is 0.230. The molecule has 3 rings (SSSR count). The number of nitro groups is 1. The van der Waals surface area contributed by atoms with Gasteiger partial charge in [-0.25, -0.2) is 8.42 Å². The van der Waals surface area contributed by atoms with Crippen LogP contribution in [-0.2, 0) is 26.2 Å². The summed E-state index contributed by atoms with van der Waals surface area (Å²) >= 11 is 6.23. The third kappa shape index (κ3) is 7.56. The number of carbonyl (C=O) groups is 2. The van der Waals surface area contributed by atoms with Gasteiger partial charge in [-0.05, 0) is 57.5 Å². The fraction of sp³-hybridized carbons (Fsp3) is 0.310. The predicted molar refractivity (Wildman–Crippen MR) is 160 cm³/mol. The van der Waals surface area contributed by atoms with Gasteiger partial charge >= 0.3 is 0 Å². The summed E-state index contributed by atoms with van der Waals surface area (Å²) < 4.78 is 34.4. The number of carbonyl (C=O) groups excluding carboxylic acids is 2. The van der Waals surface area contributed by atoms with Crippen LogP contribution in [0, 0.1) is 17.0 Å². The normalized spacial score (nSPS) is 12.0. The summed E-state index contributed by atoms with van der Waals surface area (Å²) in [7, 11) is -3.27. The van der Waals surface area contributed by atoms with Gasteiger partial charge in [0.2, 0.25) is 11.8 Å². The number of sulfonamides is 1. The Hall–Kier alpha value is -4.16. The molecule has 2 amide bonds. The molecule has 0 saturated carbocycles. The van der Waals surface area contributed by atoms with E-state index in [-0.39, 0.29) is 34.6 Å². The molecular weight excluding hydrogens is 584 g/mol. The van der Waals surface area contributed by atoms with E-state index in [1.165, 1.54) is 49.3 Å². The molecule has 0 aliphatic heterocycles. The van der Waals surface area contributed by atoms with Gasteiger partial charge in [0.25, 0.3) is 15.7 Å². The Morgan fingerprint density at radius 2 is 1.71 bits per heavy atom. The molecule has 3 aromatic carbocycles. The molecular formula is C29H33ClN4O7S. The van der Waals surface area contributed by atoms with Gasteiger partial charge in [-0.15, -0.1) is 0 Å². The molecule has 13 heteroatoms. The molecule has 3 aromatic rings. The van der Waals surface area contributed by atoms with Gasteiger partial charge in [0, 0.05) is 29.2 Å². The van der Waals surface area contributed by atoms with Crippen molar-refractivity contribution >= 4 is 44.8 Å². The minimum atomic E-state index is -4.60. The molecule has 0 spiro atoms. The van der Waals surface area contributed by atoms with Crippen LogP contribution in [0.3, 0.4) is 0 Å². The zero-order valence-electron chi connectivity index (χ0n) is 23.9. The second kappa shape index (κ2) is 13.7. The highest BCUT2D eigenvalue weighted by Crippen LogP contribution is 2.36. The van der Waals surface area contributed by atoms with Crippen LogP contribution in [-0.4, -0.2) is 55.8 Å². The summed E-state index contributed by atoms with van der Waals surface area (Å²) in [4.78, 5) is 38.8. The van der Waals surface area contributed by atoms with Gasteiger partial charge in [0.05, 0.1) is 22.6 Å². The Kier molecular flexibility index (Phi) is 10.5. The largest absolute Gasteiger partial charge is 0.495 e. The highest BCUT2D eigenvalue weighted by molar-refractivity contribution is 7.92. The molecule has 11 nitrogen and oxygen atoms in total. The Labute approximate surface area is 250 Å². The maximum Gasteiger partial charge on any atom is 0.273 e. The second-order valence-electron chi connectivity index (χ2n) is 9.88. The van der Waals surface area contributed by atoms with Crippen molar-refractivity contribution in [3.05, 3.63) is 93.0 Å². The number of nitrogens with zero attached hydrogens (tertiary/aromatic N) is 3. The fourth-order valence-corrected chi connectivity index (χ4v) is 5.82. The van der Waals surface area contributed by atoms with Crippen molar-refractivity contribution in [2.24, 2.45) is 0 Å². The number of rotatable bonds is 12. The summed E-state index contributed by atoms with van der Waals surface area (Å²) in [5.41, 5.74) is 0.533. The predicted octanol–water partition coefficient (Wildman–Crippen LogP) is 4.70. The Bertz CT molecular complexity index is 1570. The topological polar surface area (TPSA) is 139 Å². The highest BCUT2D eigenvalue weighted by Gasteiger charge is 2.35. The number of methoxy groups -OCH3 is 1. The number of aryl methyl sites for hydroxylation is 1. The van der Waals surface area contributed by atoms with E-state index in [0.717, 1.165) is 15.9 Å². The van der Waals surface area contributed by atoms with Gasteiger partial charge in [0.15, 0.2) is 0 Å². The van der Waals surface area contributed by atoms with Gasteiger partial charge in [0.1, 0.15) is 18.3 Å². The minimum absolute atomic E-state index is 0.0168. The lowest BCUT2D eigenvalue weighted by Crippen LogP contribution is -2.52. The van der Waals surface area contributed by atoms with E-state index in [0.29, 0.717) is 0 Å². The van der Waals surface area contributed by atoms with Crippen LogP contribution in [0.15, 0.2) is 71.6 Å². The molecule has 0 radical (unpaired) electrons. The number of halogens is 1. The summed E-state index contributed by atoms with van der Waals surface area (Å²) in [6.45, 7) is 5.88. The Morgan fingerprint density at radius 3 is 2.31 bits per heavy atom. The number of nitro benzene ring substituents is 1. The molecule has 1 atom stereocenters. The molecule has 0 bridgehead atoms. The molecule has 0 aliphatic rings. The molecule has 42 heavy (non-hydrogen) atoms. The van der Waals surface area contributed by atoms with Crippen LogP contribution in [0.4, 0.5) is 11.4 Å². The number of anilines is 1. The first kappa shape index (κ1) is 32.4. The first-order chi connectivity index (χ1) is 19.8. The van der Waals surface area contributed by atoms with Gasteiger partial charge < -0.3 is 15.0 Å². The monoisotopic (exact) mass is 616 g/mol. The van der Waals surface area contributed by atoms with Crippen LogP contribution < -0.4 is 14.4 Å². The Balaban J connectivity index is 2.16. The number of hydrogen-bond donors (Lipinski definition) is 1. The van der Waals surface area contributed by atoms with Gasteiger partial charge in [-0.3, -0.25) is 24.0 Å². The van der Waals surface area contributed by atoms with Crippen molar-refractivity contribution in [1.82, 2.24) is 10.2 Å². The molecule has 0 aliphatic carbocycles. The molecule has 0 heterocycles. The van der Waals surface area contributed by atoms with E-state index in [2.05, 4.69) is 5.32 Å². The summed E-state index contributed by atoms with van der Waals surface area (Å²) in [5, 5.41) is 14.6. The number of nitrogens with one attached hydrogen (secondary N) is 1. The summed E-state index contributed by atoms with van der Waals surface area (Å²) in [6, 6.07) is 15.5. The van der Waals surface area contributed by atoms with E-state index in [1.54, 1.807) is 45.0 Å². The number of hydrogen-bond acceptors (Lipinski definition) is 7. The first-order valence-corrected chi connectivity index (χ1v) is 14.8. The van der Waals surface area contributed by atoms with Crippen LogP contribution in [0.2, 0.25) is 5.02 Å². The SMILES string of the molecule is COc1ccc(Cl)cc1N(CC(=O)N(Cc1ccccc1)C(C)C(=O)NC(C)C)S(=O)(=O)c1ccc(C)c([N+](=O)[O-])c1. The fourth-order valence-electron chi connectivity index (χ4n) is 4.21. The minimum Gasteiger partial charge on any atom is -0.495 e. The first-order valence-electron chi connectivity index (χ1n) is 13.0. The van der Waals surface area contributed by atoms with E-state index in [9.17, 15) is 28.1 Å². The molecule has 1 N–H and O–H groups in total. The van der Waals surface area contributed by atoms with E-state index < -0.39 is 49.9 Å². The van der Waals surface area contributed by atoms with Crippen molar-refractivity contribution in [2.45, 2.75) is 51.2 Å². The van der Waals surface area contributed by atoms with E-state index in [4.69, 9.17) is 16.3 Å². The molecule has 0 saturated heterocycles. The summed E-state index contributed by atoms with van der Waals surface area (Å²) in [6.07, 6.45) is 0. The number of amides is 2. The standard InChI is InChI=1S/C29H33ClN4O7S/c1-19(2)31-29(36)21(4)32(17-22-9-7-6-8-10-22)28(35)18-33(26-15-23(30)12-14-27(26)41-5)42(39,40)24-13-11-20(3)25(16-24)34(37)38/h6-16,19,21H,17-18H2,1-5H3,(H,31,36). The van der Waals surface area contributed by atoms with E-state index in [1.807, 2.05) is 6.07 Å². The van der Waals surface area contributed by atoms with Crippen molar-refractivity contribution < 1.29 is 27.7 Å². The molecule has 1 unspecified atom stereocenters. The maximum atomic E-state index is 14.1. The van der Waals surface area contributed by atoms with Crippen LogP contribution in [0.5, 0.6) is 5.75 Å². The van der Waals surface area contributed by atoms with Crippen LogP contribution in [0.25, 0.3) is 0 Å². The second-order valence-corrected chi connectivity index (χ2v) is 12.2. The smallest absolute Gasteiger partial charge is 0.273 e. The lowest BCUT2D eigenvalue weighted by Gasteiger charge is -2.32. The third-order valence-corrected chi connectivity index (χ3v) is 8.44. The van der Waals surface area contributed by atoms with Crippen LogP contribution >= 0.6 is 11.6 Å².